The zero-order valence-electron chi connectivity index (χ0n) is 16.6. The highest BCUT2D eigenvalue weighted by molar-refractivity contribution is 7.07. The van der Waals surface area contributed by atoms with E-state index in [0.29, 0.717) is 37.0 Å². The number of ether oxygens (including phenoxy) is 1. The van der Waals surface area contributed by atoms with Crippen molar-refractivity contribution in [3.63, 3.8) is 0 Å². The van der Waals surface area contributed by atoms with Crippen LogP contribution in [-0.2, 0) is 9.53 Å². The van der Waals surface area contributed by atoms with Crippen LogP contribution in [0.25, 0.3) is 6.08 Å². The van der Waals surface area contributed by atoms with E-state index in [9.17, 15) is 9.59 Å². The summed E-state index contributed by atoms with van der Waals surface area (Å²) in [4.78, 5) is 31.4. The molecule has 3 heterocycles. The number of nitrogens with zero attached hydrogens (tertiary/aromatic N) is 2. The highest BCUT2D eigenvalue weighted by Crippen LogP contribution is 2.34. The van der Waals surface area contributed by atoms with Gasteiger partial charge in [-0.1, -0.05) is 41.1 Å². The van der Waals surface area contributed by atoms with E-state index >= 15 is 0 Å². The number of carbonyl (C=O) groups is 1. The van der Waals surface area contributed by atoms with Crippen molar-refractivity contribution < 1.29 is 13.9 Å². The normalized spacial score (nSPS) is 16.6. The Morgan fingerprint density at radius 2 is 2.07 bits per heavy atom. The number of carbonyl (C=O) groups excluding carboxylic acids is 1. The third-order valence-corrected chi connectivity index (χ3v) is 5.93. The van der Waals surface area contributed by atoms with E-state index < -0.39 is 12.0 Å². The first-order valence-electron chi connectivity index (χ1n) is 9.38. The van der Waals surface area contributed by atoms with E-state index in [2.05, 4.69) is 4.99 Å². The Bertz CT molecular complexity index is 1320. The summed E-state index contributed by atoms with van der Waals surface area (Å²) in [6.07, 6.45) is 2.89. The molecule has 6 nitrogen and oxygen atoms in total. The number of aromatic nitrogens is 1. The standard InChI is InChI=1S/C22H19ClN2O4S/c1-12(2)29-21(27)18-13(3)24-22-25(19(18)15-8-4-5-9-16(15)23)20(26)17(30-22)11-14-7-6-10-28-14/h4-12,19H,1-3H3. The fourth-order valence-electron chi connectivity index (χ4n) is 3.35. The lowest BCUT2D eigenvalue weighted by Crippen LogP contribution is -2.40. The predicted octanol–water partition coefficient (Wildman–Crippen LogP) is 3.43. The molecule has 8 heteroatoms. The molecule has 1 aromatic carbocycles. The number of thiazole rings is 1. The van der Waals surface area contributed by atoms with Crippen molar-refractivity contribution in [3.8, 4) is 0 Å². The molecule has 1 unspecified atom stereocenters. The number of hydrogen-bond donors (Lipinski definition) is 0. The minimum Gasteiger partial charge on any atom is -0.465 e. The first-order chi connectivity index (χ1) is 14.4. The Morgan fingerprint density at radius 3 is 2.73 bits per heavy atom. The topological polar surface area (TPSA) is 73.8 Å². The largest absolute Gasteiger partial charge is 0.465 e. The number of hydrogen-bond acceptors (Lipinski definition) is 6. The maximum atomic E-state index is 13.4. The van der Waals surface area contributed by atoms with Crippen LogP contribution in [0.4, 0.5) is 0 Å². The number of benzene rings is 1. The van der Waals surface area contributed by atoms with E-state index in [-0.39, 0.29) is 11.7 Å². The van der Waals surface area contributed by atoms with Crippen LogP contribution >= 0.6 is 22.9 Å². The van der Waals surface area contributed by atoms with Crippen LogP contribution in [0.3, 0.4) is 0 Å². The molecule has 0 saturated heterocycles. The van der Waals surface area contributed by atoms with E-state index in [0.717, 1.165) is 0 Å². The van der Waals surface area contributed by atoms with E-state index in [1.165, 1.54) is 15.9 Å². The van der Waals surface area contributed by atoms with Crippen molar-refractivity contribution in [1.82, 2.24) is 4.57 Å². The van der Waals surface area contributed by atoms with Crippen molar-refractivity contribution in [2.75, 3.05) is 0 Å². The van der Waals surface area contributed by atoms with Crippen LogP contribution in [0.2, 0.25) is 5.02 Å². The number of allylic oxidation sites excluding steroid dienone is 1. The molecule has 1 aliphatic heterocycles. The average molecular weight is 443 g/mol. The number of rotatable bonds is 4. The molecule has 0 spiro atoms. The van der Waals surface area contributed by atoms with Crippen molar-refractivity contribution in [3.05, 3.63) is 90.0 Å². The van der Waals surface area contributed by atoms with E-state index in [1.54, 1.807) is 63.4 Å². The van der Waals surface area contributed by atoms with Crippen molar-refractivity contribution in [1.29, 1.82) is 0 Å². The van der Waals surface area contributed by atoms with Gasteiger partial charge in [0.25, 0.3) is 5.56 Å². The number of furan rings is 1. The minimum atomic E-state index is -0.736. The lowest BCUT2D eigenvalue weighted by molar-refractivity contribution is -0.143. The van der Waals surface area contributed by atoms with Gasteiger partial charge in [0, 0.05) is 11.1 Å². The van der Waals surface area contributed by atoms with Crippen molar-refractivity contribution in [2.24, 2.45) is 4.99 Å². The highest BCUT2D eigenvalue weighted by Gasteiger charge is 2.34. The molecule has 0 amide bonds. The second-order valence-corrected chi connectivity index (χ2v) is 8.49. The summed E-state index contributed by atoms with van der Waals surface area (Å²) in [7, 11) is 0. The molecule has 4 rings (SSSR count). The molecular formula is C22H19ClN2O4S. The first-order valence-corrected chi connectivity index (χ1v) is 10.6. The summed E-state index contributed by atoms with van der Waals surface area (Å²) in [5.41, 5.74) is 1.15. The Kier molecular flexibility index (Phi) is 5.49. The summed E-state index contributed by atoms with van der Waals surface area (Å²) < 4.78 is 12.8. The van der Waals surface area contributed by atoms with Crippen LogP contribution in [0, 0.1) is 0 Å². The summed E-state index contributed by atoms with van der Waals surface area (Å²) in [5, 5.41) is 0.452. The zero-order valence-corrected chi connectivity index (χ0v) is 18.2. The SMILES string of the molecule is CC1=C(C(=O)OC(C)C)C(c2ccccc2Cl)n2c(sc(=Cc3ccco3)c2=O)=N1. The molecule has 2 aromatic heterocycles. The predicted molar refractivity (Wildman–Crippen MR) is 115 cm³/mol. The van der Waals surface area contributed by atoms with Crippen molar-refractivity contribution in [2.45, 2.75) is 32.9 Å². The fourth-order valence-corrected chi connectivity index (χ4v) is 4.62. The molecule has 0 N–H and O–H groups in total. The maximum absolute atomic E-state index is 13.4. The number of halogens is 1. The summed E-state index contributed by atoms with van der Waals surface area (Å²) in [6, 6.07) is 9.93. The van der Waals surface area contributed by atoms with Crippen LogP contribution in [0.1, 0.15) is 38.1 Å². The molecule has 1 aliphatic rings. The molecular weight excluding hydrogens is 424 g/mol. The van der Waals surface area contributed by atoms with Gasteiger partial charge in [0.1, 0.15) is 11.8 Å². The molecule has 0 fully saturated rings. The Morgan fingerprint density at radius 1 is 1.30 bits per heavy atom. The molecule has 30 heavy (non-hydrogen) atoms. The van der Waals surface area contributed by atoms with E-state index in [4.69, 9.17) is 20.8 Å². The van der Waals surface area contributed by atoms with Crippen LogP contribution in [0.5, 0.6) is 0 Å². The van der Waals surface area contributed by atoms with Crippen molar-refractivity contribution >= 4 is 35.0 Å². The van der Waals surface area contributed by atoms with E-state index in [1.807, 2.05) is 6.07 Å². The van der Waals surface area contributed by atoms with Gasteiger partial charge >= 0.3 is 5.97 Å². The molecule has 0 radical (unpaired) electrons. The number of esters is 1. The molecule has 154 valence electrons. The molecule has 0 saturated carbocycles. The summed E-state index contributed by atoms with van der Waals surface area (Å²) in [5.74, 6) is 0.0428. The van der Waals surface area contributed by atoms with Gasteiger partial charge in [-0.2, -0.15) is 0 Å². The molecule has 3 aromatic rings. The zero-order chi connectivity index (χ0) is 21.4. The molecule has 0 aliphatic carbocycles. The monoisotopic (exact) mass is 442 g/mol. The average Bonchev–Trinajstić information content (AvgIpc) is 3.29. The second-order valence-electron chi connectivity index (χ2n) is 7.07. The first kappa shape index (κ1) is 20.4. The Balaban J connectivity index is 1.99. The van der Waals surface area contributed by atoms with Gasteiger partial charge in [-0.15, -0.1) is 0 Å². The van der Waals surface area contributed by atoms with Crippen LogP contribution in [-0.4, -0.2) is 16.6 Å². The Labute approximate surface area is 181 Å². The lowest BCUT2D eigenvalue weighted by atomic mass is 9.96. The molecule has 1 atom stereocenters. The van der Waals surface area contributed by atoms with Gasteiger partial charge in [0.2, 0.25) is 0 Å². The summed E-state index contributed by atoms with van der Waals surface area (Å²) >= 11 is 7.72. The van der Waals surface area contributed by atoms with Gasteiger partial charge in [0.05, 0.1) is 28.2 Å². The summed E-state index contributed by atoms with van der Waals surface area (Å²) in [6.45, 7) is 5.29. The van der Waals surface area contributed by atoms with Gasteiger partial charge in [-0.3, -0.25) is 9.36 Å². The highest BCUT2D eigenvalue weighted by atomic mass is 35.5. The molecule has 0 bridgehead atoms. The minimum absolute atomic E-state index is 0.276. The number of fused-ring (bicyclic) bond motifs is 1. The maximum Gasteiger partial charge on any atom is 0.338 e. The smallest absolute Gasteiger partial charge is 0.338 e. The van der Waals surface area contributed by atoms with Crippen LogP contribution in [0.15, 0.2) is 68.1 Å². The van der Waals surface area contributed by atoms with Gasteiger partial charge < -0.3 is 9.15 Å². The lowest BCUT2D eigenvalue weighted by Gasteiger charge is -2.26. The second kappa shape index (κ2) is 8.08. The third kappa shape index (κ3) is 3.66. The quantitative estimate of drug-likeness (QED) is 0.580. The van der Waals surface area contributed by atoms with Gasteiger partial charge in [-0.05, 0) is 44.5 Å². The fraction of sp³-hybridized carbons (Fsp3) is 0.227. The van der Waals surface area contributed by atoms with Crippen LogP contribution < -0.4 is 14.9 Å². The van der Waals surface area contributed by atoms with Gasteiger partial charge in [0.15, 0.2) is 4.80 Å². The Hall–Kier alpha value is -2.90. The third-order valence-electron chi connectivity index (χ3n) is 4.60. The van der Waals surface area contributed by atoms with Gasteiger partial charge in [-0.25, -0.2) is 9.79 Å².